The summed E-state index contributed by atoms with van der Waals surface area (Å²) in [5.74, 6) is -0.281. The van der Waals surface area contributed by atoms with Gasteiger partial charge in [0.2, 0.25) is 0 Å². The third-order valence-corrected chi connectivity index (χ3v) is 2.26. The quantitative estimate of drug-likeness (QED) is 0.662. The minimum absolute atomic E-state index is 0.281. The topological polar surface area (TPSA) is 0 Å². The lowest BCUT2D eigenvalue weighted by atomic mass is 10.1. The van der Waals surface area contributed by atoms with Crippen molar-refractivity contribution in [3.05, 3.63) is 59.4 Å². The van der Waals surface area contributed by atoms with Gasteiger partial charge in [0.25, 0.3) is 0 Å². The molecule has 0 heterocycles. The maximum Gasteiger partial charge on any atom is 0.131 e. The Morgan fingerprint density at radius 3 is 2.57 bits per heavy atom. The highest BCUT2D eigenvalue weighted by Crippen LogP contribution is 2.28. The second-order valence-electron chi connectivity index (χ2n) is 2.87. The maximum atomic E-state index is 13.4. The van der Waals surface area contributed by atoms with E-state index in [0.29, 0.717) is 16.1 Å². The van der Waals surface area contributed by atoms with E-state index in [0.717, 1.165) is 0 Å². The molecule has 0 N–H and O–H groups in total. The lowest BCUT2D eigenvalue weighted by molar-refractivity contribution is 0.631. The molecule has 2 aromatic carbocycles. The third-order valence-electron chi connectivity index (χ3n) is 1.95. The molecule has 0 unspecified atom stereocenters. The molecule has 0 bridgehead atoms. The van der Waals surface area contributed by atoms with Crippen LogP contribution in [0.3, 0.4) is 0 Å². The van der Waals surface area contributed by atoms with E-state index in [1.165, 1.54) is 6.07 Å². The van der Waals surface area contributed by atoms with Crippen molar-refractivity contribution in [1.29, 1.82) is 0 Å². The maximum absolute atomic E-state index is 13.4. The molecule has 0 aliphatic heterocycles. The van der Waals surface area contributed by atoms with Crippen LogP contribution in [0, 0.1) is 11.9 Å². The van der Waals surface area contributed by atoms with E-state index in [1.807, 2.05) is 0 Å². The molecule has 2 heteroatoms. The van der Waals surface area contributed by atoms with Gasteiger partial charge in [-0.1, -0.05) is 41.9 Å². The van der Waals surface area contributed by atoms with Gasteiger partial charge in [-0.2, -0.15) is 0 Å². The monoisotopic (exact) mass is 205 g/mol. The fourth-order valence-electron chi connectivity index (χ4n) is 1.29. The first kappa shape index (κ1) is 9.22. The smallest absolute Gasteiger partial charge is 0.131 e. The Labute approximate surface area is 87.0 Å². The van der Waals surface area contributed by atoms with E-state index >= 15 is 0 Å². The molecule has 2 aromatic rings. The van der Waals surface area contributed by atoms with Gasteiger partial charge in [0.15, 0.2) is 0 Å². The summed E-state index contributed by atoms with van der Waals surface area (Å²) in [5.41, 5.74) is 1.09. The van der Waals surface area contributed by atoms with Crippen molar-refractivity contribution in [2.24, 2.45) is 0 Å². The van der Waals surface area contributed by atoms with Gasteiger partial charge in [0.05, 0.1) is 0 Å². The van der Waals surface area contributed by atoms with E-state index in [9.17, 15) is 4.39 Å². The molecule has 69 valence electrons. The van der Waals surface area contributed by atoms with Crippen LogP contribution in [0.25, 0.3) is 11.1 Å². The molecule has 0 amide bonds. The van der Waals surface area contributed by atoms with Crippen LogP contribution in [0.2, 0.25) is 5.02 Å². The summed E-state index contributed by atoms with van der Waals surface area (Å²) in [6, 6.07) is 14.6. The molecule has 0 fully saturated rings. The summed E-state index contributed by atoms with van der Waals surface area (Å²) in [6.07, 6.45) is 0. The Morgan fingerprint density at radius 2 is 1.86 bits per heavy atom. The Hall–Kier alpha value is -1.34. The summed E-state index contributed by atoms with van der Waals surface area (Å²) in [4.78, 5) is 0. The molecular formula is C12H7ClF. The van der Waals surface area contributed by atoms with Crippen LogP contribution in [-0.4, -0.2) is 0 Å². The van der Waals surface area contributed by atoms with Gasteiger partial charge in [-0.05, 0) is 18.2 Å². The lowest BCUT2D eigenvalue weighted by Gasteiger charge is -2.04. The fraction of sp³-hybridized carbons (Fsp3) is 0. The first-order valence-electron chi connectivity index (χ1n) is 4.20. The molecule has 14 heavy (non-hydrogen) atoms. The molecule has 1 radical (unpaired) electrons. The average Bonchev–Trinajstić information content (AvgIpc) is 2.20. The standard InChI is InChI=1S/C12H7ClF/c13-11-7-3-1-5-9(11)10-6-2-4-8-12(10)14/h1-4,6-8H. The normalized spacial score (nSPS) is 10.1. The summed E-state index contributed by atoms with van der Waals surface area (Å²) >= 11 is 5.93. The van der Waals surface area contributed by atoms with Gasteiger partial charge in [0.1, 0.15) is 5.82 Å². The molecule has 0 saturated heterocycles. The highest BCUT2D eigenvalue weighted by atomic mass is 35.5. The number of halogens is 2. The predicted octanol–water partition coefficient (Wildman–Crippen LogP) is 3.95. The van der Waals surface area contributed by atoms with Crippen LogP contribution in [0.1, 0.15) is 0 Å². The lowest BCUT2D eigenvalue weighted by Crippen LogP contribution is -1.84. The summed E-state index contributed by atoms with van der Waals surface area (Å²) in [6.45, 7) is 0. The summed E-state index contributed by atoms with van der Waals surface area (Å²) in [5, 5.41) is 0.512. The summed E-state index contributed by atoms with van der Waals surface area (Å²) < 4.78 is 13.4. The van der Waals surface area contributed by atoms with Crippen molar-refractivity contribution < 1.29 is 4.39 Å². The van der Waals surface area contributed by atoms with Crippen LogP contribution < -0.4 is 0 Å². The van der Waals surface area contributed by atoms with E-state index in [4.69, 9.17) is 11.6 Å². The zero-order valence-corrected chi connectivity index (χ0v) is 8.05. The second-order valence-corrected chi connectivity index (χ2v) is 3.28. The van der Waals surface area contributed by atoms with Crippen LogP contribution in [0.15, 0.2) is 42.5 Å². The third kappa shape index (κ3) is 1.64. The first-order chi connectivity index (χ1) is 6.79. The Bertz CT molecular complexity index is 408. The van der Waals surface area contributed by atoms with Crippen molar-refractivity contribution in [3.8, 4) is 11.1 Å². The van der Waals surface area contributed by atoms with Gasteiger partial charge in [-0.3, -0.25) is 0 Å². The highest BCUT2D eigenvalue weighted by molar-refractivity contribution is 6.33. The fourth-order valence-corrected chi connectivity index (χ4v) is 1.52. The number of rotatable bonds is 1. The van der Waals surface area contributed by atoms with E-state index in [2.05, 4.69) is 6.07 Å². The van der Waals surface area contributed by atoms with E-state index in [1.54, 1.807) is 36.4 Å². The molecule has 0 nitrogen and oxygen atoms in total. The average molecular weight is 206 g/mol. The highest BCUT2D eigenvalue weighted by Gasteiger charge is 2.06. The van der Waals surface area contributed by atoms with Crippen LogP contribution >= 0.6 is 11.6 Å². The molecule has 2 rings (SSSR count). The van der Waals surface area contributed by atoms with Gasteiger partial charge in [0, 0.05) is 16.1 Å². The van der Waals surface area contributed by atoms with Crippen LogP contribution in [-0.2, 0) is 0 Å². The number of hydrogen-bond acceptors (Lipinski definition) is 0. The number of hydrogen-bond donors (Lipinski definition) is 0. The van der Waals surface area contributed by atoms with Crippen molar-refractivity contribution >= 4 is 11.6 Å². The molecule has 0 saturated carbocycles. The predicted molar refractivity (Wildman–Crippen MR) is 55.7 cm³/mol. The zero-order chi connectivity index (χ0) is 9.97. The van der Waals surface area contributed by atoms with Crippen molar-refractivity contribution in [3.63, 3.8) is 0 Å². The van der Waals surface area contributed by atoms with Crippen molar-refractivity contribution in [2.75, 3.05) is 0 Å². The van der Waals surface area contributed by atoms with Crippen molar-refractivity contribution in [2.45, 2.75) is 0 Å². The van der Waals surface area contributed by atoms with E-state index < -0.39 is 0 Å². The minimum Gasteiger partial charge on any atom is -0.206 e. The van der Waals surface area contributed by atoms with Gasteiger partial charge >= 0.3 is 0 Å². The Balaban J connectivity index is 2.61. The van der Waals surface area contributed by atoms with Gasteiger partial charge in [-0.15, -0.1) is 0 Å². The molecular weight excluding hydrogens is 199 g/mol. The minimum atomic E-state index is -0.281. The number of benzene rings is 2. The van der Waals surface area contributed by atoms with Gasteiger partial charge in [-0.25, -0.2) is 4.39 Å². The van der Waals surface area contributed by atoms with Crippen molar-refractivity contribution in [1.82, 2.24) is 0 Å². The largest absolute Gasteiger partial charge is 0.206 e. The van der Waals surface area contributed by atoms with Gasteiger partial charge < -0.3 is 0 Å². The van der Waals surface area contributed by atoms with Crippen LogP contribution in [0.5, 0.6) is 0 Å². The molecule has 0 aliphatic rings. The Morgan fingerprint density at radius 1 is 1.07 bits per heavy atom. The van der Waals surface area contributed by atoms with Crippen LogP contribution in [0.4, 0.5) is 4.39 Å². The first-order valence-corrected chi connectivity index (χ1v) is 4.58. The molecule has 0 spiro atoms. The summed E-state index contributed by atoms with van der Waals surface area (Å²) in [7, 11) is 0. The SMILES string of the molecule is Fc1ccccc1-c1[c]cccc1Cl. The van der Waals surface area contributed by atoms with E-state index in [-0.39, 0.29) is 5.82 Å². The molecule has 0 aliphatic carbocycles. The zero-order valence-electron chi connectivity index (χ0n) is 7.30. The Kier molecular flexibility index (Phi) is 2.51. The second kappa shape index (κ2) is 3.81. The molecule has 0 atom stereocenters. The molecule has 0 aromatic heterocycles.